The second-order valence-corrected chi connectivity index (χ2v) is 5.63. The molecule has 0 spiro atoms. The number of methoxy groups -OCH3 is 1. The van der Waals surface area contributed by atoms with Gasteiger partial charge in [-0.05, 0) is 30.7 Å². The first-order valence-corrected chi connectivity index (χ1v) is 7.73. The van der Waals surface area contributed by atoms with E-state index < -0.39 is 0 Å². The van der Waals surface area contributed by atoms with Crippen molar-refractivity contribution in [2.24, 2.45) is 0 Å². The number of aryl methyl sites for hydroxylation is 1. The highest BCUT2D eigenvalue weighted by Gasteiger charge is 2.05. The summed E-state index contributed by atoms with van der Waals surface area (Å²) >= 11 is 6.08. The molecule has 0 unspecified atom stereocenters. The van der Waals surface area contributed by atoms with Crippen molar-refractivity contribution in [3.05, 3.63) is 64.2 Å². The topological polar surface area (TPSA) is 30.5 Å². The van der Waals surface area contributed by atoms with E-state index >= 15 is 0 Å². The molecule has 0 aliphatic rings. The SMILES string of the molecule is COCCNCc1cc(Cl)ccc1OCc1ccc(C)cc1. The molecule has 0 saturated heterocycles. The molecule has 118 valence electrons. The van der Waals surface area contributed by atoms with E-state index in [0.29, 0.717) is 24.8 Å². The lowest BCUT2D eigenvalue weighted by Gasteiger charge is -2.13. The van der Waals surface area contributed by atoms with Crippen molar-refractivity contribution in [1.82, 2.24) is 5.32 Å². The van der Waals surface area contributed by atoms with Gasteiger partial charge in [0.25, 0.3) is 0 Å². The van der Waals surface area contributed by atoms with Gasteiger partial charge in [0.05, 0.1) is 6.61 Å². The minimum absolute atomic E-state index is 0.549. The normalized spacial score (nSPS) is 10.7. The third-order valence-corrected chi connectivity index (χ3v) is 3.57. The molecule has 0 radical (unpaired) electrons. The Labute approximate surface area is 137 Å². The molecular weight excluding hydrogens is 298 g/mol. The molecule has 2 rings (SSSR count). The van der Waals surface area contributed by atoms with Gasteiger partial charge in [-0.3, -0.25) is 0 Å². The van der Waals surface area contributed by atoms with Gasteiger partial charge >= 0.3 is 0 Å². The van der Waals surface area contributed by atoms with Crippen molar-refractivity contribution in [2.75, 3.05) is 20.3 Å². The molecule has 0 amide bonds. The minimum Gasteiger partial charge on any atom is -0.489 e. The lowest BCUT2D eigenvalue weighted by atomic mass is 10.1. The first-order valence-electron chi connectivity index (χ1n) is 7.35. The van der Waals surface area contributed by atoms with Crippen molar-refractivity contribution in [2.45, 2.75) is 20.1 Å². The Hall–Kier alpha value is -1.55. The van der Waals surface area contributed by atoms with Crippen molar-refractivity contribution >= 4 is 11.6 Å². The first-order chi connectivity index (χ1) is 10.7. The van der Waals surface area contributed by atoms with Crippen molar-refractivity contribution < 1.29 is 9.47 Å². The first kappa shape index (κ1) is 16.8. The molecule has 2 aromatic carbocycles. The van der Waals surface area contributed by atoms with E-state index in [-0.39, 0.29) is 0 Å². The van der Waals surface area contributed by atoms with Gasteiger partial charge in [-0.2, -0.15) is 0 Å². The molecule has 22 heavy (non-hydrogen) atoms. The standard InChI is InChI=1S/C18H22ClNO2/c1-14-3-5-15(6-4-14)13-22-18-8-7-17(19)11-16(18)12-20-9-10-21-2/h3-8,11,20H,9-10,12-13H2,1-2H3. The number of nitrogens with one attached hydrogen (secondary N) is 1. The van der Waals surface area contributed by atoms with E-state index in [1.165, 1.54) is 5.56 Å². The summed E-state index contributed by atoms with van der Waals surface area (Å²) in [5, 5.41) is 4.03. The van der Waals surface area contributed by atoms with Crippen LogP contribution in [-0.2, 0) is 17.9 Å². The number of benzene rings is 2. The fraction of sp³-hybridized carbons (Fsp3) is 0.333. The van der Waals surface area contributed by atoms with Gasteiger partial charge in [-0.15, -0.1) is 0 Å². The highest BCUT2D eigenvalue weighted by molar-refractivity contribution is 6.30. The summed E-state index contributed by atoms with van der Waals surface area (Å²) in [5.74, 6) is 0.856. The predicted octanol–water partition coefficient (Wildman–Crippen LogP) is 3.96. The predicted molar refractivity (Wildman–Crippen MR) is 90.5 cm³/mol. The van der Waals surface area contributed by atoms with Crippen LogP contribution in [0.25, 0.3) is 0 Å². The zero-order valence-electron chi connectivity index (χ0n) is 13.1. The van der Waals surface area contributed by atoms with E-state index in [9.17, 15) is 0 Å². The summed E-state index contributed by atoms with van der Waals surface area (Å²) in [6.07, 6.45) is 0. The molecule has 0 aliphatic heterocycles. The van der Waals surface area contributed by atoms with Gasteiger partial charge in [0.15, 0.2) is 0 Å². The molecule has 0 saturated carbocycles. The summed E-state index contributed by atoms with van der Waals surface area (Å²) in [7, 11) is 1.69. The van der Waals surface area contributed by atoms with Crippen LogP contribution >= 0.6 is 11.6 Å². The molecule has 0 fully saturated rings. The summed E-state index contributed by atoms with van der Waals surface area (Å²) < 4.78 is 11.0. The zero-order chi connectivity index (χ0) is 15.8. The molecule has 1 N–H and O–H groups in total. The average molecular weight is 320 g/mol. The van der Waals surface area contributed by atoms with Crippen LogP contribution in [0.1, 0.15) is 16.7 Å². The fourth-order valence-electron chi connectivity index (χ4n) is 2.07. The summed E-state index contributed by atoms with van der Waals surface area (Å²) in [5.41, 5.74) is 3.45. The lowest BCUT2D eigenvalue weighted by Crippen LogP contribution is -2.19. The van der Waals surface area contributed by atoms with Crippen molar-refractivity contribution in [3.63, 3.8) is 0 Å². The van der Waals surface area contributed by atoms with Gasteiger partial charge in [-0.25, -0.2) is 0 Å². The van der Waals surface area contributed by atoms with Crippen LogP contribution in [0.15, 0.2) is 42.5 Å². The van der Waals surface area contributed by atoms with Crippen LogP contribution in [0.5, 0.6) is 5.75 Å². The quantitative estimate of drug-likeness (QED) is 0.747. The highest BCUT2D eigenvalue weighted by atomic mass is 35.5. The third-order valence-electron chi connectivity index (χ3n) is 3.34. The van der Waals surface area contributed by atoms with E-state index in [0.717, 1.165) is 23.4 Å². The number of rotatable bonds is 8. The maximum atomic E-state index is 6.08. The molecule has 2 aromatic rings. The van der Waals surface area contributed by atoms with Gasteiger partial charge in [0.1, 0.15) is 12.4 Å². The van der Waals surface area contributed by atoms with Gasteiger partial charge in [-0.1, -0.05) is 41.4 Å². The van der Waals surface area contributed by atoms with Crippen molar-refractivity contribution in [1.29, 1.82) is 0 Å². The molecule has 0 aliphatic carbocycles. The van der Waals surface area contributed by atoms with Crippen molar-refractivity contribution in [3.8, 4) is 5.75 Å². The smallest absolute Gasteiger partial charge is 0.124 e. The van der Waals surface area contributed by atoms with Crippen LogP contribution in [0.3, 0.4) is 0 Å². The summed E-state index contributed by atoms with van der Waals surface area (Å²) in [4.78, 5) is 0. The Morgan fingerprint density at radius 2 is 1.86 bits per heavy atom. The lowest BCUT2D eigenvalue weighted by molar-refractivity contribution is 0.199. The minimum atomic E-state index is 0.549. The second-order valence-electron chi connectivity index (χ2n) is 5.20. The number of hydrogen-bond donors (Lipinski definition) is 1. The zero-order valence-corrected chi connectivity index (χ0v) is 13.8. The second kappa shape index (κ2) is 8.79. The van der Waals surface area contributed by atoms with E-state index in [1.807, 2.05) is 18.2 Å². The summed E-state index contributed by atoms with van der Waals surface area (Å²) in [6, 6.07) is 14.1. The Kier molecular flexibility index (Phi) is 6.72. The van der Waals surface area contributed by atoms with Crippen LogP contribution < -0.4 is 10.1 Å². The Balaban J connectivity index is 1.98. The highest BCUT2D eigenvalue weighted by Crippen LogP contribution is 2.24. The van der Waals surface area contributed by atoms with E-state index in [4.69, 9.17) is 21.1 Å². The monoisotopic (exact) mass is 319 g/mol. The molecule has 0 heterocycles. The van der Waals surface area contributed by atoms with Gasteiger partial charge < -0.3 is 14.8 Å². The maximum absolute atomic E-state index is 6.08. The number of hydrogen-bond acceptors (Lipinski definition) is 3. The van der Waals surface area contributed by atoms with E-state index in [2.05, 4.69) is 36.5 Å². The van der Waals surface area contributed by atoms with Crippen LogP contribution in [-0.4, -0.2) is 20.3 Å². The number of ether oxygens (including phenoxy) is 2. The van der Waals surface area contributed by atoms with Crippen LogP contribution in [0.4, 0.5) is 0 Å². The fourth-order valence-corrected chi connectivity index (χ4v) is 2.26. The third kappa shape index (κ3) is 5.34. The molecule has 0 atom stereocenters. The van der Waals surface area contributed by atoms with Gasteiger partial charge in [0.2, 0.25) is 0 Å². The Morgan fingerprint density at radius 3 is 2.59 bits per heavy atom. The molecule has 0 aromatic heterocycles. The summed E-state index contributed by atoms with van der Waals surface area (Å²) in [6.45, 7) is 4.80. The van der Waals surface area contributed by atoms with Crippen LogP contribution in [0.2, 0.25) is 5.02 Å². The molecular formula is C18H22ClNO2. The molecule has 0 bridgehead atoms. The molecule has 4 heteroatoms. The Morgan fingerprint density at radius 1 is 1.09 bits per heavy atom. The Bertz CT molecular complexity index is 584. The van der Waals surface area contributed by atoms with Crippen LogP contribution in [0, 0.1) is 6.92 Å². The molecule has 3 nitrogen and oxygen atoms in total. The average Bonchev–Trinajstić information content (AvgIpc) is 2.52. The largest absolute Gasteiger partial charge is 0.489 e. The van der Waals surface area contributed by atoms with E-state index in [1.54, 1.807) is 7.11 Å². The maximum Gasteiger partial charge on any atom is 0.124 e. The number of halogens is 1. The van der Waals surface area contributed by atoms with Gasteiger partial charge in [0, 0.05) is 30.8 Å².